The number of carbonyl (C=O) groups is 1. The second-order valence-corrected chi connectivity index (χ2v) is 4.94. The lowest BCUT2D eigenvalue weighted by atomic mass is 10.2. The van der Waals surface area contributed by atoms with E-state index in [1.54, 1.807) is 4.90 Å². The van der Waals surface area contributed by atoms with Crippen LogP contribution in [0, 0.1) is 6.92 Å². The number of aliphatic hydroxyl groups excluding tert-OH is 1. The molecule has 0 aliphatic rings. The molecular formula is C16H21N3O2. The Morgan fingerprint density at radius 1 is 1.29 bits per heavy atom. The fourth-order valence-electron chi connectivity index (χ4n) is 2.26. The molecule has 0 radical (unpaired) electrons. The second-order valence-electron chi connectivity index (χ2n) is 4.94. The standard InChI is InChI=1S/C16H21N3O2/c1-3-9-19(10-11-20)16(21)14-12(2)17-15(18-14)13-7-5-4-6-8-13/h4-8,20H,3,9-11H2,1-2H3,(H,17,18). The lowest BCUT2D eigenvalue weighted by Crippen LogP contribution is -2.34. The third kappa shape index (κ3) is 3.49. The number of nitrogens with one attached hydrogen (secondary N) is 1. The normalized spacial score (nSPS) is 10.6. The van der Waals surface area contributed by atoms with Crippen LogP contribution in [0.1, 0.15) is 29.5 Å². The summed E-state index contributed by atoms with van der Waals surface area (Å²) in [4.78, 5) is 21.8. The van der Waals surface area contributed by atoms with Crippen LogP contribution in [0.5, 0.6) is 0 Å². The van der Waals surface area contributed by atoms with Gasteiger partial charge in [0, 0.05) is 24.3 Å². The minimum atomic E-state index is -0.137. The van der Waals surface area contributed by atoms with E-state index in [9.17, 15) is 4.79 Å². The number of amides is 1. The smallest absolute Gasteiger partial charge is 0.274 e. The Hall–Kier alpha value is -2.14. The average Bonchev–Trinajstić information content (AvgIpc) is 2.89. The van der Waals surface area contributed by atoms with Crippen LogP contribution in [0.15, 0.2) is 30.3 Å². The highest BCUT2D eigenvalue weighted by atomic mass is 16.3. The Morgan fingerprint density at radius 2 is 2.00 bits per heavy atom. The van der Waals surface area contributed by atoms with Crippen LogP contribution in [0.25, 0.3) is 11.4 Å². The summed E-state index contributed by atoms with van der Waals surface area (Å²) in [6, 6.07) is 9.71. The number of aryl methyl sites for hydroxylation is 1. The molecule has 1 aromatic carbocycles. The number of rotatable bonds is 6. The minimum absolute atomic E-state index is 0.0409. The lowest BCUT2D eigenvalue weighted by molar-refractivity contribution is 0.0716. The van der Waals surface area contributed by atoms with Crippen molar-refractivity contribution in [2.45, 2.75) is 20.3 Å². The molecule has 0 aliphatic heterocycles. The largest absolute Gasteiger partial charge is 0.395 e. The van der Waals surface area contributed by atoms with E-state index in [1.165, 1.54) is 0 Å². The van der Waals surface area contributed by atoms with E-state index < -0.39 is 0 Å². The van der Waals surface area contributed by atoms with Gasteiger partial charge in [0.1, 0.15) is 11.5 Å². The van der Waals surface area contributed by atoms with E-state index >= 15 is 0 Å². The van der Waals surface area contributed by atoms with E-state index in [0.29, 0.717) is 24.6 Å². The molecule has 0 bridgehead atoms. The van der Waals surface area contributed by atoms with Crippen molar-refractivity contribution in [3.63, 3.8) is 0 Å². The van der Waals surface area contributed by atoms with Gasteiger partial charge >= 0.3 is 0 Å². The van der Waals surface area contributed by atoms with Gasteiger partial charge in [0.05, 0.1) is 6.61 Å². The fourth-order valence-corrected chi connectivity index (χ4v) is 2.26. The molecule has 2 N–H and O–H groups in total. The van der Waals surface area contributed by atoms with Crippen molar-refractivity contribution in [1.82, 2.24) is 14.9 Å². The second kappa shape index (κ2) is 7.04. The monoisotopic (exact) mass is 287 g/mol. The van der Waals surface area contributed by atoms with Gasteiger partial charge in [0.2, 0.25) is 0 Å². The summed E-state index contributed by atoms with van der Waals surface area (Å²) in [6.45, 7) is 4.76. The molecule has 0 spiro atoms. The molecular weight excluding hydrogens is 266 g/mol. The molecule has 5 nitrogen and oxygen atoms in total. The quantitative estimate of drug-likeness (QED) is 0.856. The molecule has 21 heavy (non-hydrogen) atoms. The van der Waals surface area contributed by atoms with Crippen LogP contribution >= 0.6 is 0 Å². The highest BCUT2D eigenvalue weighted by Crippen LogP contribution is 2.18. The van der Waals surface area contributed by atoms with E-state index in [4.69, 9.17) is 5.11 Å². The van der Waals surface area contributed by atoms with Crippen LogP contribution in [-0.2, 0) is 0 Å². The predicted octanol–water partition coefficient (Wildman–Crippen LogP) is 2.23. The number of carbonyl (C=O) groups excluding carboxylic acids is 1. The zero-order chi connectivity index (χ0) is 15.2. The fraction of sp³-hybridized carbons (Fsp3) is 0.375. The predicted molar refractivity (Wildman–Crippen MR) is 82.0 cm³/mol. The van der Waals surface area contributed by atoms with Gasteiger partial charge in [-0.25, -0.2) is 4.98 Å². The Balaban J connectivity index is 2.28. The van der Waals surface area contributed by atoms with E-state index in [1.807, 2.05) is 44.2 Å². The number of H-pyrrole nitrogens is 1. The summed E-state index contributed by atoms with van der Waals surface area (Å²) in [5.41, 5.74) is 2.12. The molecule has 2 aromatic rings. The molecule has 1 aromatic heterocycles. The maximum Gasteiger partial charge on any atom is 0.274 e. The number of aliphatic hydroxyl groups is 1. The maximum absolute atomic E-state index is 12.5. The first kappa shape index (κ1) is 15.3. The Kier molecular flexibility index (Phi) is 5.11. The average molecular weight is 287 g/mol. The zero-order valence-electron chi connectivity index (χ0n) is 12.5. The van der Waals surface area contributed by atoms with Gasteiger partial charge in [-0.1, -0.05) is 37.3 Å². The Morgan fingerprint density at radius 3 is 2.62 bits per heavy atom. The molecule has 0 saturated heterocycles. The number of imidazole rings is 1. The van der Waals surface area contributed by atoms with Crippen molar-refractivity contribution in [3.8, 4) is 11.4 Å². The molecule has 0 saturated carbocycles. The summed E-state index contributed by atoms with van der Waals surface area (Å²) in [7, 11) is 0. The highest BCUT2D eigenvalue weighted by molar-refractivity contribution is 5.94. The van der Waals surface area contributed by atoms with Crippen LogP contribution in [-0.4, -0.2) is 45.6 Å². The molecule has 0 atom stereocenters. The summed E-state index contributed by atoms with van der Waals surface area (Å²) >= 11 is 0. The third-order valence-corrected chi connectivity index (χ3v) is 3.29. The van der Waals surface area contributed by atoms with E-state index in [2.05, 4.69) is 9.97 Å². The van der Waals surface area contributed by atoms with E-state index in [0.717, 1.165) is 17.7 Å². The van der Waals surface area contributed by atoms with Crippen molar-refractivity contribution < 1.29 is 9.90 Å². The van der Waals surface area contributed by atoms with Crippen molar-refractivity contribution in [2.24, 2.45) is 0 Å². The molecule has 0 aliphatic carbocycles. The van der Waals surface area contributed by atoms with E-state index in [-0.39, 0.29) is 12.5 Å². The first-order valence-electron chi connectivity index (χ1n) is 7.19. The van der Waals surface area contributed by atoms with Crippen molar-refractivity contribution in [2.75, 3.05) is 19.7 Å². The van der Waals surface area contributed by atoms with Crippen LogP contribution in [0.2, 0.25) is 0 Å². The number of aromatic nitrogens is 2. The summed E-state index contributed by atoms with van der Waals surface area (Å²) < 4.78 is 0. The van der Waals surface area contributed by atoms with Gasteiger partial charge in [0.15, 0.2) is 0 Å². The van der Waals surface area contributed by atoms with Crippen LogP contribution < -0.4 is 0 Å². The van der Waals surface area contributed by atoms with Crippen molar-refractivity contribution in [1.29, 1.82) is 0 Å². The first-order valence-corrected chi connectivity index (χ1v) is 7.19. The van der Waals surface area contributed by atoms with Crippen molar-refractivity contribution in [3.05, 3.63) is 41.7 Å². The summed E-state index contributed by atoms with van der Waals surface area (Å²) in [5, 5.41) is 9.09. The molecule has 0 fully saturated rings. The van der Waals surface area contributed by atoms with Crippen molar-refractivity contribution >= 4 is 5.91 Å². The molecule has 2 rings (SSSR count). The van der Waals surface area contributed by atoms with Crippen LogP contribution in [0.4, 0.5) is 0 Å². The van der Waals surface area contributed by atoms with Gasteiger partial charge in [-0.05, 0) is 13.3 Å². The molecule has 0 unspecified atom stereocenters. The molecule has 112 valence electrons. The SMILES string of the molecule is CCCN(CCO)C(=O)c1nc(-c2ccccc2)[nH]c1C. The van der Waals surface area contributed by atoms with Gasteiger partial charge in [-0.2, -0.15) is 0 Å². The lowest BCUT2D eigenvalue weighted by Gasteiger charge is -2.20. The third-order valence-electron chi connectivity index (χ3n) is 3.29. The van der Waals surface area contributed by atoms with Gasteiger partial charge in [-0.3, -0.25) is 4.79 Å². The zero-order valence-corrected chi connectivity index (χ0v) is 12.5. The molecule has 1 heterocycles. The number of aromatic amines is 1. The van der Waals surface area contributed by atoms with Crippen LogP contribution in [0.3, 0.4) is 0 Å². The number of hydrogen-bond donors (Lipinski definition) is 2. The topological polar surface area (TPSA) is 69.2 Å². The minimum Gasteiger partial charge on any atom is -0.395 e. The molecule has 5 heteroatoms. The summed E-state index contributed by atoms with van der Waals surface area (Å²) in [5.74, 6) is 0.554. The number of nitrogens with zero attached hydrogens (tertiary/aromatic N) is 2. The molecule has 1 amide bonds. The van der Waals surface area contributed by atoms with Gasteiger partial charge in [-0.15, -0.1) is 0 Å². The summed E-state index contributed by atoms with van der Waals surface area (Å²) in [6.07, 6.45) is 0.848. The van der Waals surface area contributed by atoms with Gasteiger partial charge in [0.25, 0.3) is 5.91 Å². The van der Waals surface area contributed by atoms with Gasteiger partial charge < -0.3 is 15.0 Å². The Labute approximate surface area is 124 Å². The maximum atomic E-state index is 12.5. The Bertz CT molecular complexity index is 587. The highest BCUT2D eigenvalue weighted by Gasteiger charge is 2.20. The number of hydrogen-bond acceptors (Lipinski definition) is 3. The first-order chi connectivity index (χ1) is 10.2. The number of benzene rings is 1.